The molecule has 0 spiro atoms. The van der Waals surface area contributed by atoms with Gasteiger partial charge >= 0.3 is 11.9 Å². The van der Waals surface area contributed by atoms with Crippen LogP contribution in [-0.4, -0.2) is 46.1 Å². The molecule has 134 valence electrons. The number of aryl methyl sites for hydroxylation is 1. The van der Waals surface area contributed by atoms with Gasteiger partial charge in [-0.05, 0) is 48.9 Å². The van der Waals surface area contributed by atoms with E-state index in [0.29, 0.717) is 6.54 Å². The van der Waals surface area contributed by atoms with Gasteiger partial charge in [-0.1, -0.05) is 6.07 Å². The Morgan fingerprint density at radius 2 is 2.04 bits per heavy atom. The highest BCUT2D eigenvalue weighted by Crippen LogP contribution is 2.29. The summed E-state index contributed by atoms with van der Waals surface area (Å²) < 4.78 is 0. The first kappa shape index (κ1) is 18.5. The Hall–Kier alpha value is -2.87. The van der Waals surface area contributed by atoms with Crippen molar-refractivity contribution in [2.45, 2.75) is 31.7 Å². The van der Waals surface area contributed by atoms with Gasteiger partial charge in [-0.25, -0.2) is 9.59 Å². The number of hydrogen-bond donors (Lipinski definition) is 5. The van der Waals surface area contributed by atoms with E-state index in [0.717, 1.165) is 32.1 Å². The summed E-state index contributed by atoms with van der Waals surface area (Å²) in [5, 5.41) is 18.8. The largest absolute Gasteiger partial charge is 0.473 e. The molecule has 0 saturated heterocycles. The minimum Gasteiger partial charge on any atom is -0.473 e. The number of carboxylic acid groups (broad SMARTS) is 2. The lowest BCUT2D eigenvalue weighted by Crippen LogP contribution is -2.27. The van der Waals surface area contributed by atoms with Gasteiger partial charge in [0.25, 0.3) is 0 Å². The Balaban J connectivity index is 0.000000326. The van der Waals surface area contributed by atoms with Crippen LogP contribution in [0.15, 0.2) is 18.2 Å². The van der Waals surface area contributed by atoms with Gasteiger partial charge in [0.15, 0.2) is 0 Å². The van der Waals surface area contributed by atoms with E-state index in [4.69, 9.17) is 25.5 Å². The molecule has 0 radical (unpaired) electrons. The van der Waals surface area contributed by atoms with Crippen molar-refractivity contribution in [1.29, 1.82) is 0 Å². The molecule has 0 aliphatic heterocycles. The third kappa shape index (κ3) is 4.80. The Bertz CT molecular complexity index is 772. The molecule has 1 amide bonds. The van der Waals surface area contributed by atoms with Crippen LogP contribution in [0.1, 0.15) is 23.2 Å². The van der Waals surface area contributed by atoms with E-state index in [1.807, 2.05) is 0 Å². The van der Waals surface area contributed by atoms with Crippen molar-refractivity contribution in [3.63, 3.8) is 0 Å². The van der Waals surface area contributed by atoms with Crippen LogP contribution in [0.5, 0.6) is 0 Å². The number of aromatic nitrogens is 1. The van der Waals surface area contributed by atoms with E-state index in [1.165, 1.54) is 27.7 Å². The average Bonchev–Trinajstić information content (AvgIpc) is 2.93. The normalized spacial score (nSPS) is 15.6. The molecule has 25 heavy (non-hydrogen) atoms. The number of carbonyl (C=O) groups is 3. The smallest absolute Gasteiger partial charge is 0.414 e. The summed E-state index contributed by atoms with van der Waals surface area (Å²) in [5.41, 5.74) is 11.3. The number of amides is 1. The van der Waals surface area contributed by atoms with E-state index in [9.17, 15) is 4.79 Å². The zero-order chi connectivity index (χ0) is 18.4. The molecule has 3 rings (SSSR count). The Kier molecular flexibility index (Phi) is 6.13. The van der Waals surface area contributed by atoms with Crippen LogP contribution in [0.25, 0.3) is 10.9 Å². The highest BCUT2D eigenvalue weighted by Gasteiger charge is 2.19. The summed E-state index contributed by atoms with van der Waals surface area (Å²) in [6, 6.07) is 6.77. The zero-order valence-corrected chi connectivity index (χ0v) is 13.6. The van der Waals surface area contributed by atoms with Crippen LogP contribution in [0, 0.1) is 0 Å². The number of aromatic amines is 1. The number of nitrogens with one attached hydrogen (secondary N) is 2. The molecule has 2 aromatic rings. The number of carbonyl (C=O) groups excluding carboxylic acids is 1. The van der Waals surface area contributed by atoms with Crippen molar-refractivity contribution in [2.75, 3.05) is 6.54 Å². The van der Waals surface area contributed by atoms with Crippen molar-refractivity contribution in [3.8, 4) is 0 Å². The zero-order valence-electron chi connectivity index (χ0n) is 13.6. The standard InChI is InChI=1S/C15H19N3O.C2H2O4/c16-11-2-4-15-13(8-11)12-7-10(5-6-17-9-19)1-3-14(12)18-15;3-1(4)2(5)6/h1,3,7,9,11,18H,2,4-6,8,16H2,(H,17,19);(H,3,4)(H,5,6). The van der Waals surface area contributed by atoms with Gasteiger partial charge in [0, 0.05) is 29.2 Å². The number of fused-ring (bicyclic) bond motifs is 3. The average molecular weight is 347 g/mol. The molecule has 1 aromatic heterocycles. The molecule has 0 bridgehead atoms. The fourth-order valence-electron chi connectivity index (χ4n) is 2.92. The number of carboxylic acids is 2. The maximum atomic E-state index is 10.3. The molecule has 1 heterocycles. The Morgan fingerprint density at radius 3 is 2.68 bits per heavy atom. The Labute approximate surface area is 144 Å². The second kappa shape index (κ2) is 8.29. The number of benzene rings is 1. The number of H-pyrrole nitrogens is 1. The molecule has 1 unspecified atom stereocenters. The lowest BCUT2D eigenvalue weighted by Gasteiger charge is -2.18. The van der Waals surface area contributed by atoms with Gasteiger partial charge in [0.2, 0.25) is 6.41 Å². The molecule has 0 saturated carbocycles. The predicted molar refractivity (Wildman–Crippen MR) is 91.3 cm³/mol. The van der Waals surface area contributed by atoms with Crippen molar-refractivity contribution >= 4 is 29.3 Å². The molecule has 0 fully saturated rings. The van der Waals surface area contributed by atoms with E-state index in [-0.39, 0.29) is 6.04 Å². The molecule has 8 nitrogen and oxygen atoms in total. The SMILES string of the molecule is NC1CCc2[nH]c3ccc(CCNC=O)cc3c2C1.O=C(O)C(=O)O. The van der Waals surface area contributed by atoms with Gasteiger partial charge in [0.05, 0.1) is 0 Å². The number of hydrogen-bond acceptors (Lipinski definition) is 4. The van der Waals surface area contributed by atoms with Crippen molar-refractivity contribution < 1.29 is 24.6 Å². The molecule has 8 heteroatoms. The van der Waals surface area contributed by atoms with E-state index in [2.05, 4.69) is 28.5 Å². The van der Waals surface area contributed by atoms with Gasteiger partial charge < -0.3 is 26.2 Å². The van der Waals surface area contributed by atoms with Crippen molar-refractivity contribution in [1.82, 2.24) is 10.3 Å². The maximum Gasteiger partial charge on any atom is 0.414 e. The van der Waals surface area contributed by atoms with E-state index >= 15 is 0 Å². The van der Waals surface area contributed by atoms with Crippen LogP contribution in [0.4, 0.5) is 0 Å². The molecule has 1 aliphatic carbocycles. The topological polar surface area (TPSA) is 146 Å². The van der Waals surface area contributed by atoms with Crippen LogP contribution < -0.4 is 11.1 Å². The minimum atomic E-state index is -1.82. The number of rotatable bonds is 4. The third-order valence-corrected chi connectivity index (χ3v) is 4.11. The summed E-state index contributed by atoms with van der Waals surface area (Å²) in [6.45, 7) is 0.682. The fraction of sp³-hybridized carbons (Fsp3) is 0.353. The number of nitrogens with two attached hydrogens (primary N) is 1. The lowest BCUT2D eigenvalue weighted by molar-refractivity contribution is -0.159. The number of aliphatic carboxylic acids is 2. The van der Waals surface area contributed by atoms with Crippen LogP contribution in [0.2, 0.25) is 0 Å². The van der Waals surface area contributed by atoms with Crippen LogP contribution in [0.3, 0.4) is 0 Å². The monoisotopic (exact) mass is 347 g/mol. The van der Waals surface area contributed by atoms with Crippen LogP contribution in [-0.2, 0) is 33.6 Å². The predicted octanol–water partition coefficient (Wildman–Crippen LogP) is 0.428. The summed E-state index contributed by atoms with van der Waals surface area (Å²) in [7, 11) is 0. The fourth-order valence-corrected chi connectivity index (χ4v) is 2.92. The first-order valence-corrected chi connectivity index (χ1v) is 7.93. The summed E-state index contributed by atoms with van der Waals surface area (Å²) in [4.78, 5) is 32.0. The van der Waals surface area contributed by atoms with E-state index < -0.39 is 11.9 Å². The van der Waals surface area contributed by atoms with Gasteiger partial charge in [0.1, 0.15) is 0 Å². The second-order valence-electron chi connectivity index (χ2n) is 5.90. The molecular formula is C17H21N3O5. The first-order valence-electron chi connectivity index (χ1n) is 7.93. The molecule has 1 aliphatic rings. The third-order valence-electron chi connectivity index (χ3n) is 4.11. The van der Waals surface area contributed by atoms with E-state index in [1.54, 1.807) is 0 Å². The summed E-state index contributed by atoms with van der Waals surface area (Å²) in [6.07, 6.45) is 4.69. The highest BCUT2D eigenvalue weighted by atomic mass is 16.4. The first-order chi connectivity index (χ1) is 11.9. The molecule has 1 atom stereocenters. The van der Waals surface area contributed by atoms with Gasteiger partial charge in [-0.2, -0.15) is 0 Å². The summed E-state index contributed by atoms with van der Waals surface area (Å²) >= 11 is 0. The van der Waals surface area contributed by atoms with Gasteiger partial charge in [-0.3, -0.25) is 4.79 Å². The lowest BCUT2D eigenvalue weighted by atomic mass is 9.91. The molecular weight excluding hydrogens is 326 g/mol. The van der Waals surface area contributed by atoms with Crippen molar-refractivity contribution in [2.24, 2.45) is 5.73 Å². The second-order valence-corrected chi connectivity index (χ2v) is 5.90. The quantitative estimate of drug-likeness (QED) is 0.308. The minimum absolute atomic E-state index is 0.284. The maximum absolute atomic E-state index is 10.3. The van der Waals surface area contributed by atoms with Crippen LogP contribution >= 0.6 is 0 Å². The van der Waals surface area contributed by atoms with Crippen molar-refractivity contribution in [3.05, 3.63) is 35.0 Å². The van der Waals surface area contributed by atoms with Gasteiger partial charge in [-0.15, -0.1) is 0 Å². The Morgan fingerprint density at radius 1 is 1.32 bits per heavy atom. The summed E-state index contributed by atoms with van der Waals surface area (Å²) in [5.74, 6) is -3.65. The molecule has 6 N–H and O–H groups in total. The highest BCUT2D eigenvalue weighted by molar-refractivity contribution is 6.27. The molecule has 1 aromatic carbocycles.